The summed E-state index contributed by atoms with van der Waals surface area (Å²) < 4.78 is 5.25. The van der Waals surface area contributed by atoms with Gasteiger partial charge in [0, 0.05) is 28.6 Å². The SMILES string of the molecule is COc1ccc(NC(=O)C2(N(Cc3ccc(Cl)cc3)C(=O)CSc3nc(C)cc(C)n3)CCCCC2)cc1. The monoisotopic (exact) mass is 552 g/mol. The first-order valence-electron chi connectivity index (χ1n) is 12.7. The smallest absolute Gasteiger partial charge is 0.250 e. The van der Waals surface area contributed by atoms with Gasteiger partial charge in [0.1, 0.15) is 11.3 Å². The number of thioether (sulfide) groups is 1. The van der Waals surface area contributed by atoms with E-state index in [1.54, 1.807) is 24.1 Å². The molecule has 0 radical (unpaired) electrons. The number of hydrogen-bond acceptors (Lipinski definition) is 6. The topological polar surface area (TPSA) is 84.4 Å². The maximum absolute atomic E-state index is 14.0. The molecule has 0 saturated heterocycles. The molecule has 0 atom stereocenters. The van der Waals surface area contributed by atoms with Crippen LogP contribution in [-0.4, -0.2) is 45.1 Å². The van der Waals surface area contributed by atoms with E-state index in [0.29, 0.717) is 41.0 Å². The van der Waals surface area contributed by atoms with Crippen LogP contribution in [0.15, 0.2) is 59.8 Å². The number of ether oxygens (including phenoxy) is 1. The molecule has 1 aliphatic carbocycles. The number of nitrogens with one attached hydrogen (secondary N) is 1. The van der Waals surface area contributed by atoms with Gasteiger partial charge in [0.05, 0.1) is 12.9 Å². The van der Waals surface area contributed by atoms with Gasteiger partial charge in [-0.25, -0.2) is 9.97 Å². The van der Waals surface area contributed by atoms with Crippen molar-refractivity contribution in [3.8, 4) is 5.75 Å². The van der Waals surface area contributed by atoms with E-state index in [2.05, 4.69) is 15.3 Å². The average molecular weight is 553 g/mol. The fourth-order valence-electron chi connectivity index (χ4n) is 4.89. The molecule has 200 valence electrons. The molecule has 1 saturated carbocycles. The molecule has 0 spiro atoms. The molecule has 1 fully saturated rings. The normalized spacial score (nSPS) is 14.5. The van der Waals surface area contributed by atoms with Crippen LogP contribution in [0, 0.1) is 13.8 Å². The second kappa shape index (κ2) is 12.6. The van der Waals surface area contributed by atoms with E-state index in [4.69, 9.17) is 16.3 Å². The van der Waals surface area contributed by atoms with Crippen LogP contribution in [0.3, 0.4) is 0 Å². The van der Waals surface area contributed by atoms with Crippen LogP contribution >= 0.6 is 23.4 Å². The lowest BCUT2D eigenvalue weighted by molar-refractivity contribution is -0.146. The molecule has 0 bridgehead atoms. The molecule has 1 aliphatic rings. The maximum Gasteiger partial charge on any atom is 0.250 e. The number of rotatable bonds is 9. The summed E-state index contributed by atoms with van der Waals surface area (Å²) in [7, 11) is 1.60. The zero-order valence-corrected chi connectivity index (χ0v) is 23.6. The summed E-state index contributed by atoms with van der Waals surface area (Å²) in [5.74, 6) is 0.547. The minimum absolute atomic E-state index is 0.125. The Morgan fingerprint density at radius 2 is 1.63 bits per heavy atom. The first kappa shape index (κ1) is 27.9. The van der Waals surface area contributed by atoms with Crippen molar-refractivity contribution in [1.29, 1.82) is 0 Å². The number of aryl methyl sites for hydroxylation is 2. The van der Waals surface area contributed by atoms with Gasteiger partial charge in [-0.15, -0.1) is 0 Å². The van der Waals surface area contributed by atoms with Gasteiger partial charge in [-0.1, -0.05) is 54.8 Å². The van der Waals surface area contributed by atoms with Crippen LogP contribution < -0.4 is 10.1 Å². The standard InChI is InChI=1S/C29H33ClN4O3S/c1-20-17-21(2)32-28(31-20)38-19-26(35)34(18-22-7-9-23(30)10-8-22)29(15-5-4-6-16-29)27(36)33-24-11-13-25(37-3)14-12-24/h7-14,17H,4-6,15-16,18-19H2,1-3H3,(H,33,36). The van der Waals surface area contributed by atoms with Crippen LogP contribution in [0.25, 0.3) is 0 Å². The van der Waals surface area contributed by atoms with Crippen LogP contribution in [0.1, 0.15) is 49.1 Å². The van der Waals surface area contributed by atoms with Crippen molar-refractivity contribution in [2.75, 3.05) is 18.2 Å². The highest BCUT2D eigenvalue weighted by molar-refractivity contribution is 7.99. The molecule has 3 aromatic rings. The Morgan fingerprint density at radius 3 is 2.24 bits per heavy atom. The zero-order valence-electron chi connectivity index (χ0n) is 22.0. The van der Waals surface area contributed by atoms with Crippen LogP contribution in [-0.2, 0) is 16.1 Å². The van der Waals surface area contributed by atoms with Gasteiger partial charge in [-0.05, 0) is 74.7 Å². The fraction of sp³-hybridized carbons (Fsp3) is 0.379. The fourth-order valence-corrected chi connectivity index (χ4v) is 5.84. The van der Waals surface area contributed by atoms with E-state index in [9.17, 15) is 9.59 Å². The Labute approximate surface area is 233 Å². The molecule has 1 N–H and O–H groups in total. The van der Waals surface area contributed by atoms with Crippen molar-refractivity contribution in [1.82, 2.24) is 14.9 Å². The summed E-state index contributed by atoms with van der Waals surface area (Å²) in [6.07, 6.45) is 3.96. The Kier molecular flexibility index (Phi) is 9.28. The summed E-state index contributed by atoms with van der Waals surface area (Å²) in [6, 6.07) is 16.6. The van der Waals surface area contributed by atoms with Crippen molar-refractivity contribution in [2.45, 2.75) is 63.2 Å². The number of methoxy groups -OCH3 is 1. The summed E-state index contributed by atoms with van der Waals surface area (Å²) in [4.78, 5) is 38.6. The molecule has 7 nitrogen and oxygen atoms in total. The largest absolute Gasteiger partial charge is 0.497 e. The van der Waals surface area contributed by atoms with E-state index in [1.807, 2.05) is 56.3 Å². The molecule has 2 amide bonds. The van der Waals surface area contributed by atoms with E-state index in [0.717, 1.165) is 36.2 Å². The van der Waals surface area contributed by atoms with Gasteiger partial charge >= 0.3 is 0 Å². The van der Waals surface area contributed by atoms with E-state index in [1.165, 1.54) is 11.8 Å². The molecule has 4 rings (SSSR count). The lowest BCUT2D eigenvalue weighted by Gasteiger charge is -2.45. The number of nitrogens with zero attached hydrogens (tertiary/aromatic N) is 3. The Hall–Kier alpha value is -3.10. The highest BCUT2D eigenvalue weighted by Crippen LogP contribution is 2.37. The molecule has 2 aromatic carbocycles. The van der Waals surface area contributed by atoms with Crippen molar-refractivity contribution in [3.05, 3.63) is 76.6 Å². The lowest BCUT2D eigenvalue weighted by Crippen LogP contribution is -2.60. The van der Waals surface area contributed by atoms with E-state index < -0.39 is 5.54 Å². The van der Waals surface area contributed by atoms with Gasteiger partial charge in [0.25, 0.3) is 0 Å². The van der Waals surface area contributed by atoms with E-state index >= 15 is 0 Å². The molecule has 9 heteroatoms. The van der Waals surface area contributed by atoms with Crippen molar-refractivity contribution < 1.29 is 14.3 Å². The zero-order chi connectivity index (χ0) is 27.1. The highest BCUT2D eigenvalue weighted by atomic mass is 35.5. The number of carbonyl (C=O) groups excluding carboxylic acids is 2. The second-order valence-electron chi connectivity index (χ2n) is 9.60. The molecule has 1 heterocycles. The first-order chi connectivity index (χ1) is 18.3. The van der Waals surface area contributed by atoms with Crippen LogP contribution in [0.5, 0.6) is 5.75 Å². The van der Waals surface area contributed by atoms with Crippen molar-refractivity contribution in [2.24, 2.45) is 0 Å². The predicted molar refractivity (Wildman–Crippen MR) is 152 cm³/mol. The minimum Gasteiger partial charge on any atom is -0.497 e. The minimum atomic E-state index is -0.973. The number of anilines is 1. The average Bonchev–Trinajstić information content (AvgIpc) is 2.91. The summed E-state index contributed by atoms with van der Waals surface area (Å²) >= 11 is 7.42. The quantitative estimate of drug-likeness (QED) is 0.251. The molecular weight excluding hydrogens is 520 g/mol. The Morgan fingerprint density at radius 1 is 1.00 bits per heavy atom. The summed E-state index contributed by atoms with van der Waals surface area (Å²) in [5.41, 5.74) is 2.31. The first-order valence-corrected chi connectivity index (χ1v) is 14.1. The van der Waals surface area contributed by atoms with Gasteiger partial charge in [-0.2, -0.15) is 0 Å². The molecule has 0 unspecified atom stereocenters. The number of hydrogen-bond donors (Lipinski definition) is 1. The highest BCUT2D eigenvalue weighted by Gasteiger charge is 2.47. The third kappa shape index (κ3) is 6.85. The van der Waals surface area contributed by atoms with Crippen molar-refractivity contribution in [3.63, 3.8) is 0 Å². The lowest BCUT2D eigenvalue weighted by atomic mass is 9.79. The molecular formula is C29H33ClN4O3S. The van der Waals surface area contributed by atoms with Gasteiger partial charge < -0.3 is 15.0 Å². The third-order valence-electron chi connectivity index (χ3n) is 6.81. The number of benzene rings is 2. The van der Waals surface area contributed by atoms with Crippen molar-refractivity contribution >= 4 is 40.9 Å². The second-order valence-corrected chi connectivity index (χ2v) is 11.0. The molecule has 38 heavy (non-hydrogen) atoms. The Bertz CT molecular complexity index is 1240. The predicted octanol–water partition coefficient (Wildman–Crippen LogP) is 6.22. The maximum atomic E-state index is 14.0. The third-order valence-corrected chi connectivity index (χ3v) is 7.89. The Balaban J connectivity index is 1.64. The van der Waals surface area contributed by atoms with Crippen LogP contribution in [0.2, 0.25) is 5.02 Å². The van der Waals surface area contributed by atoms with Gasteiger partial charge in [0.15, 0.2) is 5.16 Å². The summed E-state index contributed by atoms with van der Waals surface area (Å²) in [5, 5.41) is 4.26. The number of carbonyl (C=O) groups is 2. The van der Waals surface area contributed by atoms with Crippen LogP contribution in [0.4, 0.5) is 5.69 Å². The number of amides is 2. The van der Waals surface area contributed by atoms with Gasteiger partial charge in [-0.3, -0.25) is 9.59 Å². The van der Waals surface area contributed by atoms with E-state index in [-0.39, 0.29) is 17.6 Å². The summed E-state index contributed by atoms with van der Waals surface area (Å²) in [6.45, 7) is 4.13. The molecule has 1 aromatic heterocycles. The van der Waals surface area contributed by atoms with Gasteiger partial charge in [0.2, 0.25) is 11.8 Å². The number of aromatic nitrogens is 2. The molecule has 0 aliphatic heterocycles. The number of halogens is 1.